The van der Waals surface area contributed by atoms with Crippen LogP contribution in [0, 0.1) is 41.5 Å². The molecule has 2 aliphatic carbocycles. The summed E-state index contributed by atoms with van der Waals surface area (Å²) in [6.45, 7) is 33.0. The molecule has 0 bridgehead atoms. The highest BCUT2D eigenvalue weighted by Gasteiger charge is 2.47. The van der Waals surface area contributed by atoms with Gasteiger partial charge in [-0.15, -0.1) is 0 Å². The van der Waals surface area contributed by atoms with Gasteiger partial charge in [-0.3, -0.25) is 18.2 Å². The van der Waals surface area contributed by atoms with Crippen molar-refractivity contribution in [1.29, 1.82) is 0 Å². The molecule has 4 N–H and O–H groups in total. The van der Waals surface area contributed by atoms with Gasteiger partial charge in [-0.2, -0.15) is 42.8 Å². The predicted molar refractivity (Wildman–Crippen MR) is 427 cm³/mol. The second-order valence-electron chi connectivity index (χ2n) is 31.4. The van der Waals surface area contributed by atoms with Crippen LogP contribution in [0.3, 0.4) is 0 Å². The van der Waals surface area contributed by atoms with Crippen LogP contribution >= 0.6 is 23.2 Å². The van der Waals surface area contributed by atoms with Crippen LogP contribution in [0.2, 0.25) is 0 Å². The molecule has 16 nitrogen and oxygen atoms in total. The number of rotatable bonds is 26. The maximum Gasteiger partial charge on any atom is 0.264 e. The van der Waals surface area contributed by atoms with Crippen LogP contribution < -0.4 is 9.80 Å². The fourth-order valence-electron chi connectivity index (χ4n) is 16.6. The summed E-state index contributed by atoms with van der Waals surface area (Å²) < 4.78 is 133. The highest BCUT2D eigenvalue weighted by atomic mass is 35.5. The number of allylic oxidation sites excluding steroid dienone is 16. The van der Waals surface area contributed by atoms with Crippen LogP contribution in [0.15, 0.2) is 153 Å². The third kappa shape index (κ3) is 19.3. The lowest BCUT2D eigenvalue weighted by Crippen LogP contribution is -2.28. The van der Waals surface area contributed by atoms with Gasteiger partial charge in [0.25, 0.3) is 40.5 Å². The van der Waals surface area contributed by atoms with Crippen LogP contribution in [0.4, 0.5) is 22.7 Å². The Balaban J connectivity index is 0.000000241. The molecule has 0 spiro atoms. The van der Waals surface area contributed by atoms with Gasteiger partial charge in [0.2, 0.25) is 11.4 Å². The van der Waals surface area contributed by atoms with Gasteiger partial charge in [0.1, 0.15) is 13.1 Å². The van der Waals surface area contributed by atoms with Crippen LogP contribution in [-0.4, -0.2) is 122 Å². The van der Waals surface area contributed by atoms with E-state index in [1.54, 1.807) is 0 Å². The van der Waals surface area contributed by atoms with Gasteiger partial charge in [0.15, 0.2) is 11.4 Å². The molecule has 0 atom stereocenters. The second kappa shape index (κ2) is 32.4. The zero-order chi connectivity index (χ0) is 76.5. The predicted octanol–water partition coefficient (Wildman–Crippen LogP) is 18.3. The zero-order valence-corrected chi connectivity index (χ0v) is 68.0. The Morgan fingerprint density at radius 3 is 1.32 bits per heavy atom. The number of benzene rings is 4. The number of halogens is 2. The van der Waals surface area contributed by atoms with E-state index in [1.165, 1.54) is 55.6 Å². The Bertz CT molecular complexity index is 4850. The summed E-state index contributed by atoms with van der Waals surface area (Å²) in [5, 5.41) is 1.51. The Kier molecular flexibility index (Phi) is 25.6. The molecule has 4 aliphatic heterocycles. The topological polar surface area (TPSA) is 230 Å². The first-order chi connectivity index (χ1) is 48.4. The minimum atomic E-state index is -4.01. The van der Waals surface area contributed by atoms with E-state index in [-0.39, 0.29) is 44.7 Å². The molecule has 4 aromatic carbocycles. The Morgan fingerprint density at radius 1 is 0.413 bits per heavy atom. The molecular formula is C82H108Cl2N4O12S4+2. The Labute approximate surface area is 630 Å². The summed E-state index contributed by atoms with van der Waals surface area (Å²) in [4.78, 5) is 4.59. The third-order valence-electron chi connectivity index (χ3n) is 21.5. The molecule has 0 saturated heterocycles. The van der Waals surface area contributed by atoms with E-state index in [0.29, 0.717) is 77.5 Å². The van der Waals surface area contributed by atoms with E-state index in [4.69, 9.17) is 23.2 Å². The Morgan fingerprint density at radius 2 is 0.827 bits per heavy atom. The van der Waals surface area contributed by atoms with Gasteiger partial charge in [0, 0.05) is 105 Å². The maximum absolute atomic E-state index is 11.4. The molecule has 0 aromatic heterocycles. The molecule has 22 heteroatoms. The monoisotopic (exact) mass is 1540 g/mol. The second-order valence-corrected chi connectivity index (χ2v) is 38.4. The standard InChI is InChI=1S/C42H55ClN2O6S2.C40H51ClN2O6S2/c1-28-24-30(3)38-34(26-28)44(20-9-11-22-52(46,47)48)36(41(38,5)6)18-16-32-14-13-15-33(40(32)43)17-19-37-42(7,8)39-31(4)25-29(2)27-35(39)45(37)21-10-12-23-53(49,50)51;1-28-14-18-34-32(26-28)39(3,4)36(42(34)22-7-9-24-50(44,45)46)20-16-30-12-11-13-31(38(30)41)17-21-37-40(5,6)33-27-29(2)15-19-35(33)43(37)23-8-10-25-51(47,48)49/h16-19,24-27H,9-15,20-23H2,1-8H3,(H-,46,47,48,49,50,51);14-21,26-27H,7-13,22-25H2,1-6H3,(H-,44,45,46,47,48,49)/p+2. The summed E-state index contributed by atoms with van der Waals surface area (Å²) in [5.74, 6) is -1.01. The smallest absolute Gasteiger partial charge is 0.264 e. The lowest BCUT2D eigenvalue weighted by Gasteiger charge is -2.27. The van der Waals surface area contributed by atoms with Crippen molar-refractivity contribution in [1.82, 2.24) is 0 Å². The molecule has 0 saturated carbocycles. The number of hydrogen-bond donors (Lipinski definition) is 4. The van der Waals surface area contributed by atoms with Gasteiger partial charge in [0.05, 0.1) is 33.8 Å². The van der Waals surface area contributed by atoms with E-state index in [9.17, 15) is 51.9 Å². The van der Waals surface area contributed by atoms with E-state index >= 15 is 0 Å². The lowest BCUT2D eigenvalue weighted by molar-refractivity contribution is -0.438. The highest BCUT2D eigenvalue weighted by molar-refractivity contribution is 7.86. The normalized spacial score (nSPS) is 20.2. The van der Waals surface area contributed by atoms with Crippen molar-refractivity contribution in [2.24, 2.45) is 0 Å². The summed E-state index contributed by atoms with van der Waals surface area (Å²) in [5.41, 5.74) is 24.3. The number of hydrogen-bond acceptors (Lipinski definition) is 10. The van der Waals surface area contributed by atoms with Crippen LogP contribution in [0.5, 0.6) is 0 Å². The molecule has 4 aromatic rings. The molecule has 0 fully saturated rings. The minimum absolute atomic E-state index is 0.251. The maximum atomic E-state index is 11.4. The van der Waals surface area contributed by atoms with Gasteiger partial charge in [-0.25, -0.2) is 0 Å². The highest BCUT2D eigenvalue weighted by Crippen LogP contribution is 2.52. The molecule has 0 unspecified atom stereocenters. The summed E-state index contributed by atoms with van der Waals surface area (Å²) in [7, 11) is -16.0. The van der Waals surface area contributed by atoms with Crippen molar-refractivity contribution >= 4 is 97.8 Å². The quantitative estimate of drug-likeness (QED) is 0.0260. The molecule has 564 valence electrons. The van der Waals surface area contributed by atoms with Crippen LogP contribution in [-0.2, 0) is 62.1 Å². The van der Waals surface area contributed by atoms with E-state index in [0.717, 1.165) is 116 Å². The summed E-state index contributed by atoms with van der Waals surface area (Å²) >= 11 is 14.4. The van der Waals surface area contributed by atoms with Crippen molar-refractivity contribution < 1.29 is 61.0 Å². The summed E-state index contributed by atoms with van der Waals surface area (Å²) in [6.07, 6.45) is 26.6. The molecule has 0 amide bonds. The number of anilines is 2. The van der Waals surface area contributed by atoms with Gasteiger partial charge < -0.3 is 9.80 Å². The largest absolute Gasteiger partial charge is 0.344 e. The zero-order valence-electron chi connectivity index (χ0n) is 63.2. The average molecular weight is 1540 g/mol. The first kappa shape index (κ1) is 82.0. The molecule has 6 aliphatic rings. The first-order valence-electron chi connectivity index (χ1n) is 36.5. The van der Waals surface area contributed by atoms with Crippen molar-refractivity contribution in [2.45, 2.75) is 208 Å². The number of unbranched alkanes of at least 4 members (excludes halogenated alkanes) is 4. The number of fused-ring (bicyclic) bond motifs is 4. The van der Waals surface area contributed by atoms with Crippen molar-refractivity contribution in [3.8, 4) is 0 Å². The van der Waals surface area contributed by atoms with Gasteiger partial charge in [-0.05, 0) is 232 Å². The third-order valence-corrected chi connectivity index (χ3v) is 25.7. The van der Waals surface area contributed by atoms with Gasteiger partial charge in [-0.1, -0.05) is 117 Å². The molecular weight excluding hydrogens is 1430 g/mol. The van der Waals surface area contributed by atoms with Crippen LogP contribution in [0.1, 0.15) is 201 Å². The molecule has 4 heterocycles. The van der Waals surface area contributed by atoms with Gasteiger partial charge >= 0.3 is 0 Å². The fourth-order valence-corrected chi connectivity index (χ4v) is 19.5. The number of aryl methyl sites for hydroxylation is 6. The average Bonchev–Trinajstić information content (AvgIpc) is 1.65. The molecule has 10 rings (SSSR count). The lowest BCUT2D eigenvalue weighted by atomic mass is 9.78. The first-order valence-corrected chi connectivity index (χ1v) is 43.7. The van der Waals surface area contributed by atoms with Crippen molar-refractivity contribution in [3.63, 3.8) is 0 Å². The Hall–Kier alpha value is -6.04. The van der Waals surface area contributed by atoms with E-state index < -0.39 is 40.5 Å². The SMILES string of the molecule is Cc1cc(C)c2c(c1)N(CCCCS(=O)(=O)O)/C(=C/C=C1\CCCC(/C=C/C3=[N+](CCCCS(=O)(=O)O)c4cc(C)cc(C)c4C3(C)C)=C1Cl)C2(C)C.Cc1ccc2c(c1)C(C)(C)C(/C=C/C1=C(Cl)C(=C/C=C3/N(CCCCS(=O)(=O)O)c4ccc(C)cc4C3(C)C)/CCC1)=[N+]2CCCCS(=O)(=O)O. The summed E-state index contributed by atoms with van der Waals surface area (Å²) in [6, 6.07) is 21.8. The van der Waals surface area contributed by atoms with Crippen LogP contribution in [0.25, 0.3) is 0 Å². The fraction of sp³-hybridized carbons (Fsp3) is 0.488. The van der Waals surface area contributed by atoms with Crippen molar-refractivity contribution in [2.75, 3.05) is 59.0 Å². The van der Waals surface area contributed by atoms with E-state index in [1.807, 2.05) is 0 Å². The van der Waals surface area contributed by atoms with Crippen molar-refractivity contribution in [3.05, 3.63) is 209 Å². The number of nitrogens with zero attached hydrogens (tertiary/aromatic N) is 4. The van der Waals surface area contributed by atoms with E-state index in [2.05, 4.69) is 225 Å². The molecule has 104 heavy (non-hydrogen) atoms. The minimum Gasteiger partial charge on any atom is -0.344 e. The molecule has 0 radical (unpaired) electrons.